The van der Waals surface area contributed by atoms with Crippen LogP contribution in [-0.4, -0.2) is 178 Å². The van der Waals surface area contributed by atoms with E-state index in [1.807, 2.05) is 29.5 Å². The topological polar surface area (TPSA) is 200 Å². The van der Waals surface area contributed by atoms with Crippen molar-refractivity contribution in [3.05, 3.63) is 68.1 Å². The lowest BCUT2D eigenvalue weighted by molar-refractivity contribution is -0.0367. The quantitative estimate of drug-likeness (QED) is 0.0930. The third-order valence-electron chi connectivity index (χ3n) is 17.1. The highest BCUT2D eigenvalue weighted by atomic mass is 35.5. The van der Waals surface area contributed by atoms with Crippen LogP contribution in [0.15, 0.2) is 42.9 Å². The molecule has 478 valence electrons. The van der Waals surface area contributed by atoms with Crippen LogP contribution in [0.5, 0.6) is 35.3 Å². The van der Waals surface area contributed by atoms with Crippen LogP contribution in [0.2, 0.25) is 25.2 Å². The zero-order valence-electron chi connectivity index (χ0n) is 49.0. The maximum Gasteiger partial charge on any atom is 0.319 e. The van der Waals surface area contributed by atoms with Gasteiger partial charge in [0, 0.05) is 86.0 Å². The van der Waals surface area contributed by atoms with E-state index in [0.717, 1.165) is 132 Å². The number of hydrogen-bond donors (Lipinski definition) is 0. The fourth-order valence-electron chi connectivity index (χ4n) is 12.7. The second-order valence-corrected chi connectivity index (χ2v) is 25.1. The van der Waals surface area contributed by atoms with Gasteiger partial charge < -0.3 is 47.7 Å². The average molecular weight is 1320 g/mol. The molecule has 22 nitrogen and oxygen atoms in total. The first kappa shape index (κ1) is 64.9. The van der Waals surface area contributed by atoms with Crippen LogP contribution < -0.4 is 28.7 Å². The molecule has 12 heterocycles. The molecule has 0 saturated carbocycles. The first-order valence-electron chi connectivity index (χ1n) is 30.0. The van der Waals surface area contributed by atoms with E-state index in [1.54, 1.807) is 51.0 Å². The van der Waals surface area contributed by atoms with Gasteiger partial charge in [0.25, 0.3) is 0 Å². The molecule has 2 unspecified atom stereocenters. The summed E-state index contributed by atoms with van der Waals surface area (Å²) in [6.45, 7) is 7.82. The number of anilines is 2. The number of methoxy groups -OCH3 is 2. The summed E-state index contributed by atoms with van der Waals surface area (Å²) in [5, 5.41) is 13.6. The number of ether oxygens (including phenoxy) is 8. The molecule has 6 atom stereocenters. The van der Waals surface area contributed by atoms with Crippen LogP contribution in [0.3, 0.4) is 0 Å². The minimum absolute atomic E-state index is 0. The molecule has 8 aromatic rings. The van der Waals surface area contributed by atoms with Crippen molar-refractivity contribution >= 4 is 113 Å². The number of rotatable bonds is 14. The van der Waals surface area contributed by atoms with E-state index < -0.39 is 0 Å². The van der Waals surface area contributed by atoms with Crippen molar-refractivity contribution in [2.75, 3.05) is 104 Å². The standard InChI is InChI=1S/C30H34Cl3N7O4.C30H35Cl2N7O4.2CH4/c1-38-15-21(41-2)22(16-38)43-30-36-26-17(28(37-30)39-9-5-3-6-10-39)12-23(32)35-29(26)44-27-18-14-34-40(24-8-4-7-11-42-24)20(18)13-19(31)25(27)33;1-37-16-22(40-2)23(17-37)42-30-35-26-18(28(36-30)38-11-5-3-6-12-38)9-10-33-29(26)43-27-19-15-34-39(24-8-4-7-13-41-24)21(19)14-20(31)25(27)32;;/h12-14,21-22,24H,3-11,15-16H2,1-2H3;9-10,14-15,22-24H,3-8,11-13,16-17H2,1-2H3;2*1H4/t21-,22-,24?;22-,23-,24?;;/m11../s1. The van der Waals surface area contributed by atoms with Gasteiger partial charge in [-0.05, 0) is 115 Å². The minimum atomic E-state index is -0.240. The summed E-state index contributed by atoms with van der Waals surface area (Å²) in [6.07, 6.45) is 16.8. The van der Waals surface area contributed by atoms with Crippen LogP contribution in [0, 0.1) is 0 Å². The normalized spacial score (nSPS) is 22.7. The van der Waals surface area contributed by atoms with Gasteiger partial charge in [-0.25, -0.2) is 14.3 Å². The number of hydrogen-bond acceptors (Lipinski definition) is 20. The number of aromatic nitrogens is 10. The highest BCUT2D eigenvalue weighted by molar-refractivity contribution is 6.44. The van der Waals surface area contributed by atoms with Gasteiger partial charge in [-0.1, -0.05) is 72.9 Å². The van der Waals surface area contributed by atoms with Crippen LogP contribution in [0.1, 0.15) is 104 Å². The summed E-state index contributed by atoms with van der Waals surface area (Å²) in [4.78, 5) is 37.6. The van der Waals surface area contributed by atoms with E-state index in [-0.39, 0.29) is 90.7 Å². The molecule has 0 aliphatic carbocycles. The maximum absolute atomic E-state index is 6.78. The van der Waals surface area contributed by atoms with Gasteiger partial charge in [-0.2, -0.15) is 35.1 Å². The molecule has 0 amide bonds. The molecule has 0 bridgehead atoms. The average Bonchev–Trinajstić information content (AvgIpc) is 2.16. The molecule has 89 heavy (non-hydrogen) atoms. The summed E-state index contributed by atoms with van der Waals surface area (Å²) in [5.41, 5.74) is 2.50. The first-order valence-corrected chi connectivity index (χ1v) is 31.9. The fraction of sp³-hybridized carbons (Fsp3) is 0.548. The van der Waals surface area contributed by atoms with Crippen molar-refractivity contribution in [2.24, 2.45) is 0 Å². The molecule has 2 aromatic carbocycles. The molecule has 0 N–H and O–H groups in total. The summed E-state index contributed by atoms with van der Waals surface area (Å²) in [5.74, 6) is 2.65. The third kappa shape index (κ3) is 13.5. The van der Waals surface area contributed by atoms with Gasteiger partial charge in [-0.15, -0.1) is 0 Å². The number of fused-ring (bicyclic) bond motifs is 4. The summed E-state index contributed by atoms with van der Waals surface area (Å²) in [6, 6.07) is 7.77. The SMILES string of the molecule is C.C.CO[C@@H]1CN(C)C[C@H]1Oc1nc(N2CCCCC2)c2cc(Cl)nc(Oc3c(Cl)c(Cl)cc4c3cnn4C3CCCCO3)c2n1.CO[C@@H]1CN(C)C[C@H]1Oc1nc(N2CCCCC2)c2ccnc(Oc3c(Cl)c(Cl)cc4c3cnn4C3CCCCO3)c2n1. The molecule has 27 heteroatoms. The summed E-state index contributed by atoms with van der Waals surface area (Å²) in [7, 11) is 7.47. The Labute approximate surface area is 543 Å². The molecule has 6 aromatic heterocycles. The largest absolute Gasteiger partial charge is 0.456 e. The van der Waals surface area contributed by atoms with E-state index >= 15 is 0 Å². The number of piperidine rings is 2. The van der Waals surface area contributed by atoms with Crippen LogP contribution in [0.4, 0.5) is 11.6 Å². The van der Waals surface area contributed by atoms with Gasteiger partial charge in [0.15, 0.2) is 24.0 Å². The first-order chi connectivity index (χ1) is 42.4. The fourth-order valence-corrected chi connectivity index (χ4v) is 13.6. The summed E-state index contributed by atoms with van der Waals surface area (Å²) >= 11 is 33.5. The Morgan fingerprint density at radius 1 is 0.506 bits per heavy atom. The Bertz CT molecular complexity index is 3790. The van der Waals surface area contributed by atoms with E-state index in [4.69, 9.17) is 116 Å². The van der Waals surface area contributed by atoms with Crippen molar-refractivity contribution in [2.45, 2.75) is 129 Å². The van der Waals surface area contributed by atoms with E-state index in [0.29, 0.717) is 75.0 Å². The maximum atomic E-state index is 6.78. The lowest BCUT2D eigenvalue weighted by atomic mass is 10.1. The van der Waals surface area contributed by atoms with Gasteiger partial charge in [-0.3, -0.25) is 9.80 Å². The number of benzene rings is 2. The number of nitrogens with zero attached hydrogens (tertiary/aromatic N) is 14. The smallest absolute Gasteiger partial charge is 0.319 e. The zero-order chi connectivity index (χ0) is 59.9. The number of halogens is 5. The Hall–Kier alpha value is -5.63. The van der Waals surface area contributed by atoms with Crippen molar-refractivity contribution in [3.8, 4) is 35.3 Å². The predicted octanol–water partition coefficient (Wildman–Crippen LogP) is 13.7. The second-order valence-electron chi connectivity index (χ2n) is 23.1. The van der Waals surface area contributed by atoms with Gasteiger partial charge in [0.05, 0.1) is 55.0 Å². The molecular weight excluding hydrogens is 1250 g/mol. The Balaban J connectivity index is 0.000000180. The summed E-state index contributed by atoms with van der Waals surface area (Å²) < 4.78 is 52.9. The monoisotopic (exact) mass is 1320 g/mol. The Morgan fingerprint density at radius 3 is 1.44 bits per heavy atom. The predicted molar refractivity (Wildman–Crippen MR) is 348 cm³/mol. The van der Waals surface area contributed by atoms with Crippen molar-refractivity contribution in [3.63, 3.8) is 0 Å². The zero-order valence-corrected chi connectivity index (χ0v) is 52.8. The van der Waals surface area contributed by atoms with Crippen molar-refractivity contribution < 1.29 is 37.9 Å². The molecule has 6 aliphatic rings. The van der Waals surface area contributed by atoms with Crippen molar-refractivity contribution in [1.29, 1.82) is 0 Å². The van der Waals surface area contributed by atoms with Gasteiger partial charge >= 0.3 is 12.0 Å². The third-order valence-corrected chi connectivity index (χ3v) is 18.8. The van der Waals surface area contributed by atoms with E-state index in [2.05, 4.69) is 39.8 Å². The Morgan fingerprint density at radius 2 is 0.966 bits per heavy atom. The number of likely N-dealkylation sites (tertiary alicyclic amines) is 2. The lowest BCUT2D eigenvalue weighted by Crippen LogP contribution is -2.33. The minimum Gasteiger partial charge on any atom is -0.456 e. The highest BCUT2D eigenvalue weighted by Gasteiger charge is 2.36. The molecule has 6 saturated heterocycles. The molecule has 14 rings (SSSR count). The van der Waals surface area contributed by atoms with Crippen molar-refractivity contribution in [1.82, 2.24) is 59.3 Å². The number of likely N-dealkylation sites (N-methyl/N-ethyl adjacent to an activating group) is 2. The van der Waals surface area contributed by atoms with Gasteiger partial charge in [0.2, 0.25) is 11.8 Å². The van der Waals surface area contributed by atoms with Crippen LogP contribution >= 0.6 is 58.0 Å². The number of pyridine rings is 2. The van der Waals surface area contributed by atoms with Gasteiger partial charge in [0.1, 0.15) is 62.3 Å². The van der Waals surface area contributed by atoms with Crippen LogP contribution in [-0.2, 0) is 18.9 Å². The molecule has 6 aliphatic heterocycles. The van der Waals surface area contributed by atoms with Crippen LogP contribution in [0.25, 0.3) is 43.6 Å². The van der Waals surface area contributed by atoms with E-state index in [1.165, 1.54) is 12.8 Å². The Kier molecular flexibility index (Phi) is 20.8. The molecular formula is C62H77Cl5N14O8. The lowest BCUT2D eigenvalue weighted by Gasteiger charge is -2.29. The second kappa shape index (κ2) is 28.5. The molecule has 0 spiro atoms. The highest BCUT2D eigenvalue weighted by Crippen LogP contribution is 2.47. The van der Waals surface area contributed by atoms with E-state index in [9.17, 15) is 0 Å². The molecule has 0 radical (unpaired) electrons. The molecule has 6 fully saturated rings.